The van der Waals surface area contributed by atoms with Gasteiger partial charge in [-0.1, -0.05) is 78.9 Å². The zero-order valence-corrected chi connectivity index (χ0v) is 21.2. The van der Waals surface area contributed by atoms with Gasteiger partial charge in [0, 0.05) is 18.5 Å². The summed E-state index contributed by atoms with van der Waals surface area (Å²) in [4.78, 5) is 24.4. The molecule has 0 aliphatic carbocycles. The van der Waals surface area contributed by atoms with Crippen molar-refractivity contribution in [3.63, 3.8) is 0 Å². The molecule has 2 atom stereocenters. The molecule has 2 heterocycles. The van der Waals surface area contributed by atoms with Gasteiger partial charge in [-0.3, -0.25) is 14.8 Å². The number of nitrogens with zero attached hydrogens (tertiary/aromatic N) is 2. The molecule has 0 saturated carbocycles. The molecule has 1 fully saturated rings. The molecule has 1 aliphatic rings. The van der Waals surface area contributed by atoms with Gasteiger partial charge in [-0.25, -0.2) is 4.79 Å². The number of carbonyl (C=O) groups is 2. The van der Waals surface area contributed by atoms with Gasteiger partial charge in [0.15, 0.2) is 0 Å². The Hall–Kier alpha value is -4.43. The fourth-order valence-electron chi connectivity index (χ4n) is 4.66. The second-order valence-corrected chi connectivity index (χ2v) is 9.43. The van der Waals surface area contributed by atoms with E-state index in [1.54, 1.807) is 17.9 Å². The molecule has 0 radical (unpaired) electrons. The van der Waals surface area contributed by atoms with Crippen molar-refractivity contribution < 1.29 is 24.2 Å². The fourth-order valence-corrected chi connectivity index (χ4v) is 4.66. The Balaban J connectivity index is 1.29. The van der Waals surface area contributed by atoms with Crippen molar-refractivity contribution in [3.8, 4) is 22.3 Å². The molecule has 0 bridgehead atoms. The van der Waals surface area contributed by atoms with Crippen LogP contribution in [0.15, 0.2) is 85.1 Å². The quantitative estimate of drug-likeness (QED) is 0.306. The Morgan fingerprint density at radius 2 is 1.55 bits per heavy atom. The highest BCUT2D eigenvalue weighted by molar-refractivity contribution is 5.90. The molecule has 1 saturated heterocycles. The third-order valence-corrected chi connectivity index (χ3v) is 6.91. The Kier molecular flexibility index (Phi) is 7.24. The normalized spacial score (nSPS) is 14.8. The highest BCUT2D eigenvalue weighted by Gasteiger charge is 2.34. The standard InChI is InChI=1S/C30H29N3O5/c1-19(20-6-4-3-5-7-20)38-30(36)32-28-26(16-31-33(28)2)23-12-8-21(9-13-23)22-10-14-24(15-11-22)27(29(34)35)25-17-37-18-25/h3-16,19,25,27H,17-18H2,1-2H3,(H,32,36)(H,34,35)/t19-,27?/m1/s1. The number of hydrogen-bond acceptors (Lipinski definition) is 5. The van der Waals surface area contributed by atoms with Gasteiger partial charge < -0.3 is 14.6 Å². The molecule has 38 heavy (non-hydrogen) atoms. The topological polar surface area (TPSA) is 103 Å². The molecule has 0 spiro atoms. The maximum atomic E-state index is 12.6. The van der Waals surface area contributed by atoms with Gasteiger partial charge in [-0.15, -0.1) is 0 Å². The van der Waals surface area contributed by atoms with Crippen molar-refractivity contribution in [2.24, 2.45) is 13.0 Å². The molecule has 3 aromatic carbocycles. The minimum Gasteiger partial charge on any atom is -0.481 e. The summed E-state index contributed by atoms with van der Waals surface area (Å²) in [7, 11) is 1.76. The summed E-state index contributed by atoms with van der Waals surface area (Å²) in [6.07, 6.45) is 0.749. The molecule has 8 heteroatoms. The van der Waals surface area contributed by atoms with Gasteiger partial charge in [-0.2, -0.15) is 5.10 Å². The van der Waals surface area contributed by atoms with Crippen LogP contribution >= 0.6 is 0 Å². The van der Waals surface area contributed by atoms with Gasteiger partial charge in [0.2, 0.25) is 0 Å². The summed E-state index contributed by atoms with van der Waals surface area (Å²) in [6, 6.07) is 25.1. The largest absolute Gasteiger partial charge is 0.481 e. The Bertz CT molecular complexity index is 1410. The maximum absolute atomic E-state index is 12.6. The number of carboxylic acid groups (broad SMARTS) is 1. The average molecular weight is 512 g/mol. The van der Waals surface area contributed by atoms with Crippen molar-refractivity contribution in [2.75, 3.05) is 18.5 Å². The molecule has 4 aromatic rings. The molecule has 8 nitrogen and oxygen atoms in total. The Labute approximate surface area is 220 Å². The number of aryl methyl sites for hydroxylation is 1. The van der Waals surface area contributed by atoms with Gasteiger partial charge in [0.05, 0.1) is 25.3 Å². The summed E-state index contributed by atoms with van der Waals surface area (Å²) >= 11 is 0. The number of benzene rings is 3. The van der Waals surface area contributed by atoms with Crippen LogP contribution in [0, 0.1) is 5.92 Å². The molecular formula is C30H29N3O5. The first-order chi connectivity index (χ1) is 18.4. The number of aromatic nitrogens is 2. The van der Waals surface area contributed by atoms with Crippen molar-refractivity contribution in [1.29, 1.82) is 0 Å². The Morgan fingerprint density at radius 1 is 0.947 bits per heavy atom. The number of nitrogens with one attached hydrogen (secondary N) is 1. The first-order valence-corrected chi connectivity index (χ1v) is 12.5. The van der Waals surface area contributed by atoms with Crippen molar-refractivity contribution in [3.05, 3.63) is 96.2 Å². The molecule has 1 amide bonds. The van der Waals surface area contributed by atoms with E-state index in [4.69, 9.17) is 9.47 Å². The van der Waals surface area contributed by atoms with E-state index in [0.717, 1.165) is 33.4 Å². The van der Waals surface area contributed by atoms with Crippen LogP contribution in [0.4, 0.5) is 10.6 Å². The van der Waals surface area contributed by atoms with E-state index < -0.39 is 24.1 Å². The van der Waals surface area contributed by atoms with Crippen molar-refractivity contribution >= 4 is 17.9 Å². The number of rotatable bonds is 8. The molecule has 1 aromatic heterocycles. The predicted molar refractivity (Wildman–Crippen MR) is 144 cm³/mol. The summed E-state index contributed by atoms with van der Waals surface area (Å²) < 4.78 is 12.4. The molecule has 1 unspecified atom stereocenters. The SMILES string of the molecule is C[C@@H](OC(=O)Nc1c(-c2ccc(-c3ccc(C(C(=O)O)C4COC4)cc3)cc2)cnn1C)c1ccccc1. The number of hydrogen-bond donors (Lipinski definition) is 2. The first-order valence-electron chi connectivity index (χ1n) is 12.5. The van der Waals surface area contributed by atoms with Crippen LogP contribution in [-0.2, 0) is 21.3 Å². The highest BCUT2D eigenvalue weighted by atomic mass is 16.6. The lowest BCUT2D eigenvalue weighted by atomic mass is 9.84. The van der Waals surface area contributed by atoms with Crippen LogP contribution in [-0.4, -0.2) is 40.2 Å². The van der Waals surface area contributed by atoms with Crippen LogP contribution in [0.25, 0.3) is 22.3 Å². The third-order valence-electron chi connectivity index (χ3n) is 6.91. The number of anilines is 1. The minimum atomic E-state index is -0.824. The van der Waals surface area contributed by atoms with Crippen LogP contribution < -0.4 is 5.32 Å². The zero-order valence-electron chi connectivity index (χ0n) is 21.2. The molecule has 1 aliphatic heterocycles. The zero-order chi connectivity index (χ0) is 26.6. The first kappa shape index (κ1) is 25.2. The van der Waals surface area contributed by atoms with E-state index in [9.17, 15) is 14.7 Å². The van der Waals surface area contributed by atoms with Crippen molar-refractivity contribution in [1.82, 2.24) is 9.78 Å². The van der Waals surface area contributed by atoms with Gasteiger partial charge >= 0.3 is 12.1 Å². The van der Waals surface area contributed by atoms with E-state index >= 15 is 0 Å². The van der Waals surface area contributed by atoms with Crippen LogP contribution in [0.3, 0.4) is 0 Å². The summed E-state index contributed by atoms with van der Waals surface area (Å²) in [5, 5.41) is 16.8. The van der Waals surface area contributed by atoms with Crippen molar-refractivity contribution in [2.45, 2.75) is 18.9 Å². The van der Waals surface area contributed by atoms with E-state index in [0.29, 0.717) is 19.0 Å². The highest BCUT2D eigenvalue weighted by Crippen LogP contribution is 2.33. The van der Waals surface area contributed by atoms with E-state index in [1.807, 2.05) is 85.8 Å². The number of amides is 1. The number of ether oxygens (including phenoxy) is 2. The van der Waals surface area contributed by atoms with E-state index in [2.05, 4.69) is 10.4 Å². The lowest BCUT2D eigenvalue weighted by Gasteiger charge is -2.31. The fraction of sp³-hybridized carbons (Fsp3) is 0.233. The summed E-state index contributed by atoms with van der Waals surface area (Å²) in [5.41, 5.74) is 5.33. The van der Waals surface area contributed by atoms with Gasteiger partial charge in [-0.05, 0) is 34.7 Å². The van der Waals surface area contributed by atoms with Crippen LogP contribution in [0.5, 0.6) is 0 Å². The molecular weight excluding hydrogens is 482 g/mol. The number of carbonyl (C=O) groups excluding carboxylic acids is 1. The summed E-state index contributed by atoms with van der Waals surface area (Å²) in [6.45, 7) is 2.79. The minimum absolute atomic E-state index is 0.0127. The lowest BCUT2D eigenvalue weighted by molar-refractivity contribution is -0.146. The monoisotopic (exact) mass is 511 g/mol. The summed E-state index contributed by atoms with van der Waals surface area (Å²) in [5.74, 6) is -0.834. The number of carboxylic acids is 1. The smallest absolute Gasteiger partial charge is 0.413 e. The second-order valence-electron chi connectivity index (χ2n) is 9.43. The predicted octanol–water partition coefficient (Wildman–Crippen LogP) is 5.88. The molecule has 2 N–H and O–H groups in total. The maximum Gasteiger partial charge on any atom is 0.413 e. The lowest BCUT2D eigenvalue weighted by Crippen LogP contribution is -2.36. The Morgan fingerprint density at radius 3 is 2.13 bits per heavy atom. The van der Waals surface area contributed by atoms with Gasteiger partial charge in [0.1, 0.15) is 11.9 Å². The van der Waals surface area contributed by atoms with Gasteiger partial charge in [0.25, 0.3) is 0 Å². The molecule has 5 rings (SSSR count). The second kappa shape index (κ2) is 10.9. The van der Waals surface area contributed by atoms with Crippen LogP contribution in [0.1, 0.15) is 30.1 Å². The van der Waals surface area contributed by atoms with E-state index in [1.165, 1.54) is 0 Å². The average Bonchev–Trinajstić information content (AvgIpc) is 3.26. The van der Waals surface area contributed by atoms with Crippen LogP contribution in [0.2, 0.25) is 0 Å². The number of aliphatic carboxylic acids is 1. The van der Waals surface area contributed by atoms with E-state index in [-0.39, 0.29) is 5.92 Å². The molecule has 194 valence electrons. The third kappa shape index (κ3) is 5.31.